The van der Waals surface area contributed by atoms with Crippen molar-refractivity contribution in [2.24, 2.45) is 5.92 Å². The SMILES string of the molecule is O=C(O)C1CC(=O)N(Cc2cc(Br)cc3c2OCC3)C1. The van der Waals surface area contributed by atoms with Crippen LogP contribution in [0.2, 0.25) is 0 Å². The van der Waals surface area contributed by atoms with Crippen LogP contribution in [0.25, 0.3) is 0 Å². The van der Waals surface area contributed by atoms with E-state index in [2.05, 4.69) is 15.9 Å². The number of hydrogen-bond acceptors (Lipinski definition) is 3. The van der Waals surface area contributed by atoms with Gasteiger partial charge in [0.2, 0.25) is 5.91 Å². The van der Waals surface area contributed by atoms with Crippen molar-refractivity contribution in [1.82, 2.24) is 4.90 Å². The highest BCUT2D eigenvalue weighted by atomic mass is 79.9. The van der Waals surface area contributed by atoms with Gasteiger partial charge in [-0.3, -0.25) is 9.59 Å². The average molecular weight is 340 g/mol. The first kappa shape index (κ1) is 13.4. The van der Waals surface area contributed by atoms with Crippen molar-refractivity contribution in [1.29, 1.82) is 0 Å². The molecule has 2 aliphatic heterocycles. The Morgan fingerprint density at radius 3 is 3.00 bits per heavy atom. The van der Waals surface area contributed by atoms with Crippen molar-refractivity contribution in [3.05, 3.63) is 27.7 Å². The number of likely N-dealkylation sites (tertiary alicyclic amines) is 1. The number of amides is 1. The van der Waals surface area contributed by atoms with E-state index in [4.69, 9.17) is 9.84 Å². The molecule has 2 heterocycles. The zero-order valence-electron chi connectivity index (χ0n) is 10.8. The average Bonchev–Trinajstić information content (AvgIpc) is 2.96. The second kappa shape index (κ2) is 5.09. The third-order valence-electron chi connectivity index (χ3n) is 3.75. The number of halogens is 1. The van der Waals surface area contributed by atoms with Gasteiger partial charge in [-0.1, -0.05) is 15.9 Å². The van der Waals surface area contributed by atoms with Crippen molar-refractivity contribution in [2.75, 3.05) is 13.2 Å². The Hall–Kier alpha value is -1.56. The Bertz CT molecular complexity index is 587. The van der Waals surface area contributed by atoms with Crippen molar-refractivity contribution in [3.63, 3.8) is 0 Å². The van der Waals surface area contributed by atoms with E-state index in [0.29, 0.717) is 13.2 Å². The first-order valence-corrected chi connectivity index (χ1v) is 7.28. The molecule has 1 saturated heterocycles. The lowest BCUT2D eigenvalue weighted by atomic mass is 10.1. The predicted molar refractivity (Wildman–Crippen MR) is 74.5 cm³/mol. The maximum Gasteiger partial charge on any atom is 0.308 e. The van der Waals surface area contributed by atoms with Crippen molar-refractivity contribution in [3.8, 4) is 5.75 Å². The van der Waals surface area contributed by atoms with E-state index < -0.39 is 11.9 Å². The van der Waals surface area contributed by atoms with Crippen molar-refractivity contribution < 1.29 is 19.4 Å². The second-order valence-corrected chi connectivity index (χ2v) is 6.08. The summed E-state index contributed by atoms with van der Waals surface area (Å²) in [5.41, 5.74) is 2.07. The van der Waals surface area contributed by atoms with Crippen LogP contribution in [-0.4, -0.2) is 35.0 Å². The molecule has 106 valence electrons. The van der Waals surface area contributed by atoms with Crippen LogP contribution in [0.4, 0.5) is 0 Å². The van der Waals surface area contributed by atoms with Gasteiger partial charge in [-0.15, -0.1) is 0 Å². The van der Waals surface area contributed by atoms with E-state index in [-0.39, 0.29) is 18.9 Å². The molecule has 1 unspecified atom stereocenters. The Labute approximate surface area is 124 Å². The summed E-state index contributed by atoms with van der Waals surface area (Å²) in [6.07, 6.45) is 0.958. The molecule has 3 rings (SSSR count). The van der Waals surface area contributed by atoms with Crippen molar-refractivity contribution >= 4 is 27.8 Å². The molecule has 1 atom stereocenters. The Morgan fingerprint density at radius 1 is 1.50 bits per heavy atom. The number of carbonyl (C=O) groups excluding carboxylic acids is 1. The van der Waals surface area contributed by atoms with Crippen LogP contribution in [0.1, 0.15) is 17.5 Å². The number of hydrogen-bond donors (Lipinski definition) is 1. The van der Waals surface area contributed by atoms with E-state index in [9.17, 15) is 9.59 Å². The smallest absolute Gasteiger partial charge is 0.308 e. The first-order chi connectivity index (χ1) is 9.54. The summed E-state index contributed by atoms with van der Waals surface area (Å²) in [6.45, 7) is 1.34. The molecule has 1 aromatic carbocycles. The van der Waals surface area contributed by atoms with Gasteiger partial charge in [-0.05, 0) is 17.7 Å². The number of aliphatic carboxylic acids is 1. The number of ether oxygens (including phenoxy) is 1. The largest absolute Gasteiger partial charge is 0.493 e. The Morgan fingerprint density at radius 2 is 2.30 bits per heavy atom. The molecular weight excluding hydrogens is 326 g/mol. The van der Waals surface area contributed by atoms with Crippen LogP contribution in [0, 0.1) is 5.92 Å². The molecule has 1 fully saturated rings. The fraction of sp³-hybridized carbons (Fsp3) is 0.429. The summed E-state index contributed by atoms with van der Waals surface area (Å²) in [4.78, 5) is 24.5. The molecule has 1 N–H and O–H groups in total. The predicted octanol–water partition coefficient (Wildman–Crippen LogP) is 1.82. The highest BCUT2D eigenvalue weighted by Gasteiger charge is 2.34. The minimum Gasteiger partial charge on any atom is -0.493 e. The van der Waals surface area contributed by atoms with Gasteiger partial charge in [-0.25, -0.2) is 0 Å². The summed E-state index contributed by atoms with van der Waals surface area (Å²) >= 11 is 3.46. The summed E-state index contributed by atoms with van der Waals surface area (Å²) < 4.78 is 6.59. The Kier molecular flexibility index (Phi) is 3.41. The van der Waals surface area contributed by atoms with E-state index in [0.717, 1.165) is 27.8 Å². The molecule has 6 heteroatoms. The summed E-state index contributed by atoms with van der Waals surface area (Å²) in [6, 6.07) is 3.96. The standard InChI is InChI=1S/C14H14BrNO4/c15-11-3-8-1-2-20-13(8)9(4-11)6-16-7-10(14(18)19)5-12(16)17/h3-4,10H,1-2,5-7H2,(H,18,19). The molecule has 1 aromatic rings. The number of carboxylic acids is 1. The fourth-order valence-electron chi connectivity index (χ4n) is 2.76. The summed E-state index contributed by atoms with van der Waals surface area (Å²) in [5, 5.41) is 9.00. The lowest BCUT2D eigenvalue weighted by Gasteiger charge is -2.18. The third kappa shape index (κ3) is 2.40. The summed E-state index contributed by atoms with van der Waals surface area (Å²) in [7, 11) is 0. The molecule has 5 nitrogen and oxygen atoms in total. The number of carbonyl (C=O) groups is 2. The molecule has 1 amide bonds. The van der Waals surface area contributed by atoms with Gasteiger partial charge >= 0.3 is 5.97 Å². The van der Waals surface area contributed by atoms with Crippen LogP contribution < -0.4 is 4.74 Å². The van der Waals surface area contributed by atoms with E-state index in [1.54, 1.807) is 4.90 Å². The van der Waals surface area contributed by atoms with Gasteiger partial charge in [0.15, 0.2) is 0 Å². The molecular formula is C14H14BrNO4. The zero-order chi connectivity index (χ0) is 14.3. The molecule has 0 radical (unpaired) electrons. The van der Waals surface area contributed by atoms with Gasteiger partial charge in [0.25, 0.3) is 0 Å². The minimum absolute atomic E-state index is 0.0897. The topological polar surface area (TPSA) is 66.8 Å². The monoisotopic (exact) mass is 339 g/mol. The molecule has 0 saturated carbocycles. The first-order valence-electron chi connectivity index (χ1n) is 6.49. The number of carboxylic acid groups (broad SMARTS) is 1. The van der Waals surface area contributed by atoms with Crippen molar-refractivity contribution in [2.45, 2.75) is 19.4 Å². The van der Waals surface area contributed by atoms with Gasteiger partial charge in [-0.2, -0.15) is 0 Å². The van der Waals surface area contributed by atoms with Gasteiger partial charge in [0.1, 0.15) is 5.75 Å². The third-order valence-corrected chi connectivity index (χ3v) is 4.21. The maximum absolute atomic E-state index is 11.9. The van der Waals surface area contributed by atoms with Crippen LogP contribution in [-0.2, 0) is 22.6 Å². The Balaban J connectivity index is 1.82. The van der Waals surface area contributed by atoms with E-state index >= 15 is 0 Å². The van der Waals surface area contributed by atoms with Gasteiger partial charge in [0.05, 0.1) is 12.5 Å². The minimum atomic E-state index is -0.906. The maximum atomic E-state index is 11.9. The number of nitrogens with zero attached hydrogens (tertiary/aromatic N) is 1. The molecule has 0 spiro atoms. The zero-order valence-corrected chi connectivity index (χ0v) is 12.4. The summed E-state index contributed by atoms with van der Waals surface area (Å²) in [5.74, 6) is -0.760. The lowest BCUT2D eigenvalue weighted by Crippen LogP contribution is -2.26. The van der Waals surface area contributed by atoms with Crippen LogP contribution in [0.5, 0.6) is 5.75 Å². The molecule has 2 aliphatic rings. The molecule has 20 heavy (non-hydrogen) atoms. The van der Waals surface area contributed by atoms with Crippen LogP contribution in [0.3, 0.4) is 0 Å². The lowest BCUT2D eigenvalue weighted by molar-refractivity contribution is -0.141. The quantitative estimate of drug-likeness (QED) is 0.912. The molecule has 0 bridgehead atoms. The number of fused-ring (bicyclic) bond motifs is 1. The fourth-order valence-corrected chi connectivity index (χ4v) is 3.31. The number of benzene rings is 1. The second-order valence-electron chi connectivity index (χ2n) is 5.17. The van der Waals surface area contributed by atoms with E-state index in [1.807, 2.05) is 12.1 Å². The normalized spacial score (nSPS) is 20.9. The number of rotatable bonds is 3. The van der Waals surface area contributed by atoms with Crippen LogP contribution >= 0.6 is 15.9 Å². The van der Waals surface area contributed by atoms with Crippen LogP contribution in [0.15, 0.2) is 16.6 Å². The highest BCUT2D eigenvalue weighted by molar-refractivity contribution is 9.10. The van der Waals surface area contributed by atoms with Gasteiger partial charge in [0, 0.05) is 36.0 Å². The molecule has 0 aromatic heterocycles. The van der Waals surface area contributed by atoms with Gasteiger partial charge < -0.3 is 14.7 Å². The van der Waals surface area contributed by atoms with E-state index in [1.165, 1.54) is 0 Å². The molecule has 0 aliphatic carbocycles. The highest BCUT2D eigenvalue weighted by Crippen LogP contribution is 2.34.